The average molecular weight is 496 g/mol. The first-order valence-corrected chi connectivity index (χ1v) is 11.1. The Morgan fingerprint density at radius 1 is 0.889 bits per heavy atom. The normalized spacial score (nSPS) is 15.1. The van der Waals surface area contributed by atoms with Crippen molar-refractivity contribution in [3.05, 3.63) is 70.8 Å². The Balaban J connectivity index is 1.42. The number of phenols is 5. The first-order valence-electron chi connectivity index (χ1n) is 11.1. The van der Waals surface area contributed by atoms with Crippen LogP contribution in [0.1, 0.15) is 34.8 Å². The summed E-state index contributed by atoms with van der Waals surface area (Å²) in [7, 11) is 0. The molecule has 10 nitrogen and oxygen atoms in total. The molecule has 6 N–H and O–H groups in total. The number of carboxylic acid groups (broad SMARTS) is 1. The number of aryl methyl sites for hydroxylation is 1. The number of carbonyl (C=O) groups is 2. The minimum atomic E-state index is -1.48. The van der Waals surface area contributed by atoms with Gasteiger partial charge in [0, 0.05) is 24.8 Å². The molecule has 36 heavy (non-hydrogen) atoms. The van der Waals surface area contributed by atoms with E-state index in [4.69, 9.17) is 9.47 Å². The highest BCUT2D eigenvalue weighted by molar-refractivity contribution is 5.78. The second-order valence-electron chi connectivity index (χ2n) is 8.45. The molecule has 0 fully saturated rings. The summed E-state index contributed by atoms with van der Waals surface area (Å²) in [6.45, 7) is 0. The van der Waals surface area contributed by atoms with Gasteiger partial charge in [-0.05, 0) is 53.4 Å². The SMILES string of the molecule is O=C(CCc1ccc(O)c2c1CC(c1ccc(O)c(O)c1)O2)O[C@H](Cc1ccc(O)c(O)c1)C(=O)O. The molecule has 0 saturated heterocycles. The van der Waals surface area contributed by atoms with Gasteiger partial charge in [-0.3, -0.25) is 4.79 Å². The molecule has 1 heterocycles. The summed E-state index contributed by atoms with van der Waals surface area (Å²) in [5, 5.41) is 58.0. The Morgan fingerprint density at radius 3 is 2.22 bits per heavy atom. The van der Waals surface area contributed by atoms with Gasteiger partial charge in [0.1, 0.15) is 6.10 Å². The summed E-state index contributed by atoms with van der Waals surface area (Å²) in [6.07, 6.45) is -1.79. The number of hydrogen-bond donors (Lipinski definition) is 6. The zero-order valence-corrected chi connectivity index (χ0v) is 18.9. The highest BCUT2D eigenvalue weighted by Crippen LogP contribution is 2.45. The fraction of sp³-hybridized carbons (Fsp3) is 0.231. The van der Waals surface area contributed by atoms with Crippen LogP contribution in [0, 0.1) is 0 Å². The van der Waals surface area contributed by atoms with E-state index in [1.54, 1.807) is 12.1 Å². The van der Waals surface area contributed by atoms with Crippen molar-refractivity contribution in [3.63, 3.8) is 0 Å². The molecule has 0 amide bonds. The van der Waals surface area contributed by atoms with E-state index >= 15 is 0 Å². The van der Waals surface area contributed by atoms with Crippen LogP contribution in [0.2, 0.25) is 0 Å². The number of carbonyl (C=O) groups excluding carboxylic acids is 1. The van der Waals surface area contributed by atoms with E-state index < -0.39 is 29.9 Å². The van der Waals surface area contributed by atoms with Crippen LogP contribution >= 0.6 is 0 Å². The van der Waals surface area contributed by atoms with Crippen LogP contribution in [0.5, 0.6) is 34.5 Å². The summed E-state index contributed by atoms with van der Waals surface area (Å²) in [6, 6.07) is 11.2. The molecule has 0 spiro atoms. The first kappa shape index (κ1) is 24.5. The number of rotatable bonds is 8. The summed E-state index contributed by atoms with van der Waals surface area (Å²) < 4.78 is 11.0. The molecule has 4 rings (SSSR count). The molecule has 3 aromatic carbocycles. The number of aromatic hydroxyl groups is 5. The van der Waals surface area contributed by atoms with Gasteiger partial charge in [-0.15, -0.1) is 0 Å². The van der Waals surface area contributed by atoms with Crippen molar-refractivity contribution in [2.45, 2.75) is 37.9 Å². The predicted octanol–water partition coefficient (Wildman–Crippen LogP) is 3.06. The number of fused-ring (bicyclic) bond motifs is 1. The third-order valence-corrected chi connectivity index (χ3v) is 5.97. The van der Waals surface area contributed by atoms with Gasteiger partial charge in [0.2, 0.25) is 6.10 Å². The van der Waals surface area contributed by atoms with Crippen LogP contribution in [0.15, 0.2) is 48.5 Å². The molecule has 3 aromatic rings. The highest BCUT2D eigenvalue weighted by Gasteiger charge is 2.30. The van der Waals surface area contributed by atoms with E-state index in [2.05, 4.69) is 0 Å². The molecule has 0 bridgehead atoms. The molecule has 2 atom stereocenters. The number of carboxylic acids is 1. The van der Waals surface area contributed by atoms with Crippen LogP contribution in [0.25, 0.3) is 0 Å². The van der Waals surface area contributed by atoms with Crippen LogP contribution in [-0.2, 0) is 33.6 Å². The Hall–Kier alpha value is -4.60. The third-order valence-electron chi connectivity index (χ3n) is 5.97. The molecule has 0 aromatic heterocycles. The molecule has 0 radical (unpaired) electrons. The Bertz CT molecular complexity index is 1320. The highest BCUT2D eigenvalue weighted by atomic mass is 16.6. The van der Waals surface area contributed by atoms with Crippen LogP contribution in [0.3, 0.4) is 0 Å². The van der Waals surface area contributed by atoms with Crippen molar-refractivity contribution in [2.75, 3.05) is 0 Å². The van der Waals surface area contributed by atoms with Crippen molar-refractivity contribution in [2.24, 2.45) is 0 Å². The maximum absolute atomic E-state index is 12.5. The number of phenolic OH excluding ortho intramolecular Hbond substituents is 5. The number of aliphatic carboxylic acids is 1. The molecule has 0 aliphatic carbocycles. The second-order valence-corrected chi connectivity index (χ2v) is 8.45. The number of benzene rings is 3. The van der Waals surface area contributed by atoms with Crippen molar-refractivity contribution in [3.8, 4) is 34.5 Å². The average Bonchev–Trinajstić information content (AvgIpc) is 3.29. The standard InChI is InChI=1S/C26H24O10/c27-17-5-1-13(9-20(17)30)10-23(26(33)34)35-24(32)8-4-14-2-7-19(29)25-16(14)12-22(36-25)15-3-6-18(28)21(31)11-15/h1-3,5-7,9,11,22-23,27-31H,4,8,10,12H2,(H,33,34)/t22?,23-/m1/s1. The molecular formula is C26H24O10. The quantitative estimate of drug-likeness (QED) is 0.201. The number of hydrogen-bond acceptors (Lipinski definition) is 9. The van der Waals surface area contributed by atoms with E-state index in [0.717, 1.165) is 0 Å². The lowest BCUT2D eigenvalue weighted by Crippen LogP contribution is -2.29. The summed E-state index contributed by atoms with van der Waals surface area (Å²) in [5.74, 6) is -3.24. The van der Waals surface area contributed by atoms with Crippen molar-refractivity contribution < 1.29 is 49.7 Å². The lowest BCUT2D eigenvalue weighted by Gasteiger charge is -2.15. The van der Waals surface area contributed by atoms with Gasteiger partial charge >= 0.3 is 11.9 Å². The topological polar surface area (TPSA) is 174 Å². The van der Waals surface area contributed by atoms with E-state index in [-0.39, 0.29) is 48.0 Å². The minimum Gasteiger partial charge on any atom is -0.504 e. The van der Waals surface area contributed by atoms with Gasteiger partial charge in [-0.2, -0.15) is 0 Å². The largest absolute Gasteiger partial charge is 0.504 e. The summed E-state index contributed by atoms with van der Waals surface area (Å²) in [4.78, 5) is 24.1. The fourth-order valence-corrected chi connectivity index (χ4v) is 4.09. The first-order chi connectivity index (χ1) is 17.1. The number of esters is 1. The van der Waals surface area contributed by atoms with Gasteiger partial charge in [-0.1, -0.05) is 18.2 Å². The predicted molar refractivity (Wildman–Crippen MR) is 124 cm³/mol. The second kappa shape index (κ2) is 9.95. The van der Waals surface area contributed by atoms with Gasteiger partial charge in [-0.25, -0.2) is 4.79 Å². The molecule has 0 saturated carbocycles. The third kappa shape index (κ3) is 5.22. The Morgan fingerprint density at radius 2 is 1.56 bits per heavy atom. The van der Waals surface area contributed by atoms with Gasteiger partial charge in [0.05, 0.1) is 0 Å². The molecular weight excluding hydrogens is 472 g/mol. The van der Waals surface area contributed by atoms with Crippen molar-refractivity contribution in [1.29, 1.82) is 0 Å². The van der Waals surface area contributed by atoms with Gasteiger partial charge in [0.25, 0.3) is 0 Å². The Kier molecular flexibility index (Phi) is 6.77. The monoisotopic (exact) mass is 496 g/mol. The number of ether oxygens (including phenoxy) is 2. The summed E-state index contributed by atoms with van der Waals surface area (Å²) >= 11 is 0. The zero-order valence-electron chi connectivity index (χ0n) is 18.9. The molecule has 1 unspecified atom stereocenters. The zero-order chi connectivity index (χ0) is 26.0. The van der Waals surface area contributed by atoms with Gasteiger partial charge in [0.15, 0.2) is 34.5 Å². The minimum absolute atomic E-state index is 0.0788. The molecule has 10 heteroatoms. The fourth-order valence-electron chi connectivity index (χ4n) is 4.09. The van der Waals surface area contributed by atoms with Crippen LogP contribution < -0.4 is 4.74 Å². The Labute approximate surface area is 205 Å². The molecule has 188 valence electrons. The maximum atomic E-state index is 12.5. The lowest BCUT2D eigenvalue weighted by molar-refractivity contribution is -0.163. The van der Waals surface area contributed by atoms with E-state index in [0.29, 0.717) is 28.7 Å². The van der Waals surface area contributed by atoms with Crippen molar-refractivity contribution in [1.82, 2.24) is 0 Å². The van der Waals surface area contributed by atoms with E-state index in [1.807, 2.05) is 0 Å². The van der Waals surface area contributed by atoms with Crippen molar-refractivity contribution >= 4 is 11.9 Å². The van der Waals surface area contributed by atoms with Crippen LogP contribution in [-0.4, -0.2) is 48.7 Å². The molecule has 1 aliphatic rings. The molecule has 1 aliphatic heterocycles. The summed E-state index contributed by atoms with van der Waals surface area (Å²) in [5.41, 5.74) is 2.34. The lowest BCUT2D eigenvalue weighted by atomic mass is 9.96. The maximum Gasteiger partial charge on any atom is 0.345 e. The van der Waals surface area contributed by atoms with Gasteiger partial charge < -0.3 is 40.1 Å². The van der Waals surface area contributed by atoms with Crippen LogP contribution in [0.4, 0.5) is 0 Å². The smallest absolute Gasteiger partial charge is 0.345 e. The van der Waals surface area contributed by atoms with E-state index in [1.165, 1.54) is 36.4 Å². The van der Waals surface area contributed by atoms with E-state index in [9.17, 15) is 40.2 Å².